The summed E-state index contributed by atoms with van der Waals surface area (Å²) in [5.74, 6) is 0.405. The van der Waals surface area contributed by atoms with Crippen molar-refractivity contribution in [1.29, 1.82) is 0 Å². The van der Waals surface area contributed by atoms with Crippen molar-refractivity contribution in [2.75, 3.05) is 19.8 Å². The Labute approximate surface area is 154 Å². The van der Waals surface area contributed by atoms with Gasteiger partial charge in [0.25, 0.3) is 5.91 Å². The molecule has 1 fully saturated rings. The molecule has 8 heteroatoms. The Balaban J connectivity index is 1.57. The Morgan fingerprint density at radius 1 is 1.35 bits per heavy atom. The zero-order chi connectivity index (χ0) is 17.9. The van der Waals surface area contributed by atoms with E-state index >= 15 is 0 Å². The van der Waals surface area contributed by atoms with Gasteiger partial charge in [0.05, 0.1) is 23.9 Å². The molecule has 1 aliphatic rings. The minimum Gasteiger partial charge on any atom is -0.377 e. The zero-order valence-electron chi connectivity index (χ0n) is 14.3. The number of aryl methyl sites for hydroxylation is 1. The number of morpholine rings is 1. The summed E-state index contributed by atoms with van der Waals surface area (Å²) in [6.45, 7) is 3.22. The summed E-state index contributed by atoms with van der Waals surface area (Å²) in [4.78, 5) is 24.2. The monoisotopic (exact) mass is 370 g/mol. The van der Waals surface area contributed by atoms with Crippen LogP contribution in [0.1, 0.15) is 37.8 Å². The van der Waals surface area contributed by atoms with Crippen molar-refractivity contribution in [2.45, 2.75) is 19.4 Å². The van der Waals surface area contributed by atoms with Crippen molar-refractivity contribution in [3.8, 4) is 0 Å². The summed E-state index contributed by atoms with van der Waals surface area (Å²) < 4.78 is 10.3. The predicted octanol–water partition coefficient (Wildman–Crippen LogP) is 2.64. The van der Waals surface area contributed by atoms with Crippen LogP contribution >= 0.6 is 11.3 Å². The molecule has 1 atom stereocenters. The fraction of sp³-hybridized carbons (Fsp3) is 0.333. The van der Waals surface area contributed by atoms with Crippen molar-refractivity contribution >= 4 is 17.2 Å². The van der Waals surface area contributed by atoms with E-state index in [-0.39, 0.29) is 11.9 Å². The summed E-state index contributed by atoms with van der Waals surface area (Å²) in [7, 11) is 0. The van der Waals surface area contributed by atoms with Crippen LogP contribution in [0.3, 0.4) is 0 Å². The Kier molecular flexibility index (Phi) is 4.77. The summed E-state index contributed by atoms with van der Waals surface area (Å²) >= 11 is 1.45. The minimum atomic E-state index is -0.339. The molecule has 2 aromatic heterocycles. The zero-order valence-corrected chi connectivity index (χ0v) is 15.1. The van der Waals surface area contributed by atoms with Crippen LogP contribution < -0.4 is 0 Å². The molecule has 1 aromatic carbocycles. The average molecular weight is 370 g/mol. The Morgan fingerprint density at radius 2 is 2.19 bits per heavy atom. The van der Waals surface area contributed by atoms with Crippen molar-refractivity contribution in [3.63, 3.8) is 0 Å². The highest BCUT2D eigenvalue weighted by Crippen LogP contribution is 2.28. The first kappa shape index (κ1) is 16.9. The van der Waals surface area contributed by atoms with Crippen LogP contribution in [0, 0.1) is 6.92 Å². The van der Waals surface area contributed by atoms with E-state index in [9.17, 15) is 4.79 Å². The van der Waals surface area contributed by atoms with Crippen LogP contribution in [-0.4, -0.2) is 45.7 Å². The number of rotatable bonds is 4. The molecular weight excluding hydrogens is 352 g/mol. The van der Waals surface area contributed by atoms with Gasteiger partial charge in [0.15, 0.2) is 5.82 Å². The molecule has 0 unspecified atom stereocenters. The van der Waals surface area contributed by atoms with E-state index in [2.05, 4.69) is 27.3 Å². The molecule has 1 amide bonds. The molecule has 1 aliphatic heterocycles. The van der Waals surface area contributed by atoms with Gasteiger partial charge in [-0.25, -0.2) is 4.98 Å². The van der Waals surface area contributed by atoms with E-state index in [1.807, 2.05) is 25.1 Å². The number of ether oxygens (including phenoxy) is 1. The van der Waals surface area contributed by atoms with Gasteiger partial charge >= 0.3 is 0 Å². The normalized spacial score (nSPS) is 17.4. The van der Waals surface area contributed by atoms with Crippen LogP contribution in [0.2, 0.25) is 0 Å². The molecule has 0 aliphatic carbocycles. The van der Waals surface area contributed by atoms with E-state index in [1.54, 1.807) is 4.90 Å². The highest BCUT2D eigenvalue weighted by molar-refractivity contribution is 7.13. The van der Waals surface area contributed by atoms with Crippen LogP contribution in [0.4, 0.5) is 0 Å². The average Bonchev–Trinajstić information content (AvgIpc) is 3.32. The Morgan fingerprint density at radius 3 is 2.96 bits per heavy atom. The molecule has 0 N–H and O–H groups in total. The number of thiazole rings is 1. The second-order valence-electron chi connectivity index (χ2n) is 6.06. The number of aromatic nitrogens is 3. The van der Waals surface area contributed by atoms with Gasteiger partial charge in [0.1, 0.15) is 10.9 Å². The second-order valence-corrected chi connectivity index (χ2v) is 7.15. The number of amides is 1. The van der Waals surface area contributed by atoms with Gasteiger partial charge in [0.2, 0.25) is 6.39 Å². The molecule has 0 radical (unpaired) electrons. The molecular formula is C18H18N4O3S. The number of benzene rings is 1. The first-order valence-corrected chi connectivity index (χ1v) is 9.19. The van der Waals surface area contributed by atoms with Crippen LogP contribution in [0.5, 0.6) is 0 Å². The minimum absolute atomic E-state index is 0.0580. The lowest BCUT2D eigenvalue weighted by atomic mass is 10.2. The molecule has 3 heterocycles. The molecule has 1 saturated heterocycles. The van der Waals surface area contributed by atoms with E-state index in [0.717, 1.165) is 17.1 Å². The maximum absolute atomic E-state index is 13.1. The Bertz CT molecular complexity index is 879. The third-order valence-electron chi connectivity index (χ3n) is 4.30. The SMILES string of the molecule is Cc1nc(Cc2ccccc2)sc1C(=O)N1CCOC[C@@H]1c1ncon1. The number of hydrogen-bond donors (Lipinski definition) is 0. The van der Waals surface area contributed by atoms with Crippen molar-refractivity contribution < 1.29 is 14.1 Å². The number of nitrogens with zero attached hydrogens (tertiary/aromatic N) is 4. The summed E-state index contributed by atoms with van der Waals surface area (Å²) in [6, 6.07) is 9.78. The lowest BCUT2D eigenvalue weighted by Crippen LogP contribution is -2.43. The van der Waals surface area contributed by atoms with Gasteiger partial charge in [0, 0.05) is 13.0 Å². The fourth-order valence-electron chi connectivity index (χ4n) is 3.01. The van der Waals surface area contributed by atoms with E-state index in [0.29, 0.717) is 30.5 Å². The van der Waals surface area contributed by atoms with Crippen LogP contribution in [0.15, 0.2) is 41.2 Å². The molecule has 7 nitrogen and oxygen atoms in total. The molecule has 0 saturated carbocycles. The first-order chi connectivity index (χ1) is 12.7. The molecule has 134 valence electrons. The lowest BCUT2D eigenvalue weighted by Gasteiger charge is -2.33. The molecule has 3 aromatic rings. The van der Waals surface area contributed by atoms with E-state index in [4.69, 9.17) is 9.26 Å². The maximum Gasteiger partial charge on any atom is 0.266 e. The molecule has 4 rings (SSSR count). The van der Waals surface area contributed by atoms with Gasteiger partial charge in [-0.05, 0) is 12.5 Å². The van der Waals surface area contributed by atoms with Gasteiger partial charge in [-0.15, -0.1) is 11.3 Å². The number of hydrogen-bond acceptors (Lipinski definition) is 7. The molecule has 0 spiro atoms. The largest absolute Gasteiger partial charge is 0.377 e. The summed E-state index contributed by atoms with van der Waals surface area (Å²) in [6.07, 6.45) is 1.99. The molecule has 26 heavy (non-hydrogen) atoms. The lowest BCUT2D eigenvalue weighted by molar-refractivity contribution is -0.00556. The number of carbonyl (C=O) groups excluding carboxylic acids is 1. The maximum atomic E-state index is 13.1. The smallest absolute Gasteiger partial charge is 0.266 e. The highest BCUT2D eigenvalue weighted by atomic mass is 32.1. The van der Waals surface area contributed by atoms with Gasteiger partial charge in [-0.3, -0.25) is 4.79 Å². The third-order valence-corrected chi connectivity index (χ3v) is 5.44. The fourth-order valence-corrected chi connectivity index (χ4v) is 4.07. The van der Waals surface area contributed by atoms with Gasteiger partial charge in [-0.2, -0.15) is 4.98 Å². The van der Waals surface area contributed by atoms with Crippen LogP contribution in [0.25, 0.3) is 0 Å². The highest BCUT2D eigenvalue weighted by Gasteiger charge is 2.33. The van der Waals surface area contributed by atoms with Gasteiger partial charge in [-0.1, -0.05) is 35.5 Å². The van der Waals surface area contributed by atoms with Crippen molar-refractivity contribution in [1.82, 2.24) is 20.0 Å². The third kappa shape index (κ3) is 3.38. The second kappa shape index (κ2) is 7.35. The summed E-state index contributed by atoms with van der Waals surface area (Å²) in [5, 5.41) is 4.81. The van der Waals surface area contributed by atoms with Crippen molar-refractivity contribution in [3.05, 3.63) is 63.7 Å². The number of carbonyl (C=O) groups is 1. The van der Waals surface area contributed by atoms with Crippen LogP contribution in [-0.2, 0) is 11.2 Å². The first-order valence-electron chi connectivity index (χ1n) is 8.37. The quantitative estimate of drug-likeness (QED) is 0.702. The van der Waals surface area contributed by atoms with Crippen molar-refractivity contribution in [2.24, 2.45) is 0 Å². The Hall–Kier alpha value is -2.58. The van der Waals surface area contributed by atoms with E-state index in [1.165, 1.54) is 23.3 Å². The standard InChI is InChI=1S/C18H18N4O3S/c1-12-16(26-15(20-12)9-13-5-3-2-4-6-13)18(23)22-7-8-24-10-14(22)17-19-11-25-21-17/h2-6,11,14H,7-10H2,1H3/t14-/m1/s1. The topological polar surface area (TPSA) is 81.4 Å². The summed E-state index contributed by atoms with van der Waals surface area (Å²) in [5.41, 5.74) is 1.93. The van der Waals surface area contributed by atoms with E-state index < -0.39 is 0 Å². The molecule has 0 bridgehead atoms. The predicted molar refractivity (Wildman–Crippen MR) is 95.0 cm³/mol. The van der Waals surface area contributed by atoms with Gasteiger partial charge < -0.3 is 14.2 Å².